The summed E-state index contributed by atoms with van der Waals surface area (Å²) in [6.45, 7) is 7.44. The van der Waals surface area contributed by atoms with Crippen molar-refractivity contribution >= 4 is 27.3 Å². The van der Waals surface area contributed by atoms with Crippen molar-refractivity contribution in [2.45, 2.75) is 33.4 Å². The topological polar surface area (TPSA) is 41.5 Å². The smallest absolute Gasteiger partial charge is 0.188 e. The molecule has 0 radical (unpaired) electrons. The van der Waals surface area contributed by atoms with Crippen molar-refractivity contribution in [3.05, 3.63) is 15.4 Å². The van der Waals surface area contributed by atoms with Gasteiger partial charge in [0.2, 0.25) is 0 Å². The largest absolute Gasteiger partial charge is 0.486 e. The number of hydrogen-bond acceptors (Lipinski definition) is 4. The van der Waals surface area contributed by atoms with Crippen LogP contribution >= 0.6 is 27.3 Å². The Bertz CT molecular complexity index is 360. The lowest BCUT2D eigenvalue weighted by Crippen LogP contribution is -2.36. The van der Waals surface area contributed by atoms with Crippen LogP contribution in [0.5, 0.6) is 5.06 Å². The number of hydrogen-bond donors (Lipinski definition) is 2. The standard InChI is InChI=1S/C12H20BrNO2S/c1-12(2,3)10(15)7-14-6-8-5-9(13)11(16-4)17-8/h5,10,14-15H,6-7H2,1-4H3. The summed E-state index contributed by atoms with van der Waals surface area (Å²) >= 11 is 5.04. The van der Waals surface area contributed by atoms with E-state index in [0.717, 1.165) is 16.1 Å². The molecule has 98 valence electrons. The van der Waals surface area contributed by atoms with E-state index in [4.69, 9.17) is 4.74 Å². The van der Waals surface area contributed by atoms with Crippen molar-refractivity contribution in [3.63, 3.8) is 0 Å². The predicted octanol–water partition coefficient (Wildman–Crippen LogP) is 3.02. The molecular formula is C12H20BrNO2S. The third kappa shape index (κ3) is 4.58. The van der Waals surface area contributed by atoms with Crippen molar-refractivity contribution < 1.29 is 9.84 Å². The summed E-state index contributed by atoms with van der Waals surface area (Å²) in [5.41, 5.74) is -0.0826. The lowest BCUT2D eigenvalue weighted by atomic mass is 9.89. The highest BCUT2D eigenvalue weighted by Crippen LogP contribution is 2.34. The minimum atomic E-state index is -0.340. The van der Waals surface area contributed by atoms with Crippen LogP contribution in [-0.2, 0) is 6.54 Å². The van der Waals surface area contributed by atoms with E-state index < -0.39 is 0 Å². The number of nitrogens with one attached hydrogen (secondary N) is 1. The highest BCUT2D eigenvalue weighted by Gasteiger charge is 2.21. The molecule has 0 aliphatic carbocycles. The molecule has 17 heavy (non-hydrogen) atoms. The van der Waals surface area contributed by atoms with E-state index >= 15 is 0 Å². The zero-order chi connectivity index (χ0) is 13.1. The Balaban J connectivity index is 2.41. The SMILES string of the molecule is COc1sc(CNCC(O)C(C)(C)C)cc1Br. The Labute approximate surface area is 115 Å². The zero-order valence-corrected chi connectivity index (χ0v) is 13.1. The van der Waals surface area contributed by atoms with Gasteiger partial charge in [0, 0.05) is 18.0 Å². The van der Waals surface area contributed by atoms with Crippen LogP contribution in [0.2, 0.25) is 0 Å². The molecule has 1 rings (SSSR count). The number of halogens is 1. The molecule has 0 spiro atoms. The second-order valence-corrected chi connectivity index (χ2v) is 7.02. The van der Waals surface area contributed by atoms with E-state index in [0.29, 0.717) is 6.54 Å². The van der Waals surface area contributed by atoms with Crippen LogP contribution in [-0.4, -0.2) is 24.9 Å². The van der Waals surface area contributed by atoms with Gasteiger partial charge in [-0.15, -0.1) is 11.3 Å². The molecule has 0 aliphatic heterocycles. The van der Waals surface area contributed by atoms with Gasteiger partial charge >= 0.3 is 0 Å². The molecule has 0 fully saturated rings. The third-order valence-corrected chi connectivity index (χ3v) is 4.48. The van der Waals surface area contributed by atoms with Gasteiger partial charge in [-0.25, -0.2) is 0 Å². The van der Waals surface area contributed by atoms with Crippen LogP contribution in [0.3, 0.4) is 0 Å². The Morgan fingerprint density at radius 1 is 1.53 bits per heavy atom. The highest BCUT2D eigenvalue weighted by atomic mass is 79.9. The number of methoxy groups -OCH3 is 1. The van der Waals surface area contributed by atoms with Crippen LogP contribution in [0.4, 0.5) is 0 Å². The number of ether oxygens (including phenoxy) is 1. The van der Waals surface area contributed by atoms with Crippen molar-refractivity contribution in [3.8, 4) is 5.06 Å². The molecule has 0 saturated carbocycles. The molecule has 0 amide bonds. The predicted molar refractivity (Wildman–Crippen MR) is 75.7 cm³/mol. The van der Waals surface area contributed by atoms with Crippen LogP contribution in [0, 0.1) is 5.41 Å². The minimum absolute atomic E-state index is 0.0826. The average molecular weight is 322 g/mol. The van der Waals surface area contributed by atoms with Crippen molar-refractivity contribution in [1.82, 2.24) is 5.32 Å². The summed E-state index contributed by atoms with van der Waals surface area (Å²) in [6, 6.07) is 2.04. The summed E-state index contributed by atoms with van der Waals surface area (Å²) in [5, 5.41) is 14.0. The van der Waals surface area contributed by atoms with Gasteiger partial charge in [-0.1, -0.05) is 20.8 Å². The fourth-order valence-corrected chi connectivity index (χ4v) is 2.92. The number of aliphatic hydroxyl groups excluding tert-OH is 1. The molecule has 3 nitrogen and oxygen atoms in total. The molecule has 2 N–H and O–H groups in total. The van der Waals surface area contributed by atoms with E-state index in [1.165, 1.54) is 4.88 Å². The molecule has 1 aromatic rings. The molecule has 0 bridgehead atoms. The maximum absolute atomic E-state index is 9.88. The summed E-state index contributed by atoms with van der Waals surface area (Å²) in [5.74, 6) is 0. The van der Waals surface area contributed by atoms with Crippen molar-refractivity contribution in [2.24, 2.45) is 5.41 Å². The average Bonchev–Trinajstić information content (AvgIpc) is 2.57. The number of rotatable bonds is 5. The first-order chi connectivity index (χ1) is 7.84. The second-order valence-electron chi connectivity index (χ2n) is 5.06. The van der Waals surface area contributed by atoms with Crippen molar-refractivity contribution in [1.29, 1.82) is 0 Å². The molecule has 1 unspecified atom stereocenters. The normalized spacial score (nSPS) is 13.8. The van der Waals surface area contributed by atoms with Gasteiger partial charge in [0.25, 0.3) is 0 Å². The Kier molecular flexibility index (Phi) is 5.44. The van der Waals surface area contributed by atoms with Gasteiger partial charge in [0.15, 0.2) is 5.06 Å². The molecule has 0 aromatic carbocycles. The monoisotopic (exact) mass is 321 g/mol. The molecule has 0 aliphatic rings. The van der Waals surface area contributed by atoms with Crippen LogP contribution in [0.25, 0.3) is 0 Å². The van der Waals surface area contributed by atoms with E-state index in [1.54, 1.807) is 18.4 Å². The maximum atomic E-state index is 9.88. The van der Waals surface area contributed by atoms with Crippen LogP contribution in [0.15, 0.2) is 10.5 Å². The summed E-state index contributed by atoms with van der Waals surface area (Å²) < 4.78 is 6.19. The van der Waals surface area contributed by atoms with E-state index in [9.17, 15) is 5.11 Å². The Morgan fingerprint density at radius 3 is 2.65 bits per heavy atom. The van der Waals surface area contributed by atoms with Gasteiger partial charge in [-0.2, -0.15) is 0 Å². The summed E-state index contributed by atoms with van der Waals surface area (Å²) in [4.78, 5) is 1.19. The van der Waals surface area contributed by atoms with Crippen molar-refractivity contribution in [2.75, 3.05) is 13.7 Å². The third-order valence-electron chi connectivity index (χ3n) is 2.53. The van der Waals surface area contributed by atoms with Gasteiger partial charge < -0.3 is 15.2 Å². The Morgan fingerprint density at radius 2 is 2.18 bits per heavy atom. The fraction of sp³-hybridized carbons (Fsp3) is 0.667. The van der Waals surface area contributed by atoms with Crippen LogP contribution in [0.1, 0.15) is 25.6 Å². The molecule has 1 atom stereocenters. The zero-order valence-electron chi connectivity index (χ0n) is 10.7. The quantitative estimate of drug-likeness (QED) is 0.876. The van der Waals surface area contributed by atoms with Gasteiger partial charge in [0.05, 0.1) is 17.7 Å². The van der Waals surface area contributed by atoms with Crippen LogP contribution < -0.4 is 10.1 Å². The summed E-state index contributed by atoms with van der Waals surface area (Å²) in [6.07, 6.45) is -0.340. The lowest BCUT2D eigenvalue weighted by Gasteiger charge is -2.25. The first-order valence-corrected chi connectivity index (χ1v) is 7.16. The molecule has 5 heteroatoms. The van der Waals surface area contributed by atoms with E-state index in [-0.39, 0.29) is 11.5 Å². The molecule has 1 aromatic heterocycles. The van der Waals surface area contributed by atoms with E-state index in [2.05, 4.69) is 21.2 Å². The first-order valence-electron chi connectivity index (χ1n) is 5.55. The summed E-state index contributed by atoms with van der Waals surface area (Å²) in [7, 11) is 1.66. The lowest BCUT2D eigenvalue weighted by molar-refractivity contribution is 0.0628. The number of aliphatic hydroxyl groups is 1. The van der Waals surface area contributed by atoms with E-state index in [1.807, 2.05) is 26.8 Å². The van der Waals surface area contributed by atoms with Gasteiger partial charge in [-0.3, -0.25) is 0 Å². The maximum Gasteiger partial charge on any atom is 0.188 e. The number of thiophene rings is 1. The van der Waals surface area contributed by atoms with Gasteiger partial charge in [0.1, 0.15) is 0 Å². The first kappa shape index (κ1) is 15.0. The molecule has 0 saturated heterocycles. The second kappa shape index (κ2) is 6.18. The molecular weight excluding hydrogens is 302 g/mol. The highest BCUT2D eigenvalue weighted by molar-refractivity contribution is 9.10. The fourth-order valence-electron chi connectivity index (χ4n) is 1.26. The minimum Gasteiger partial charge on any atom is -0.486 e. The Hall–Kier alpha value is -0.100. The van der Waals surface area contributed by atoms with Gasteiger partial charge in [-0.05, 0) is 27.4 Å². The molecule has 1 heterocycles.